The molecule has 0 unspecified atom stereocenters. The molecule has 0 saturated heterocycles. The first-order valence-electron chi connectivity index (χ1n) is 7.77. The molecule has 7 nitrogen and oxygen atoms in total. The van der Waals surface area contributed by atoms with Gasteiger partial charge in [-0.3, -0.25) is 4.79 Å². The maximum Gasteiger partial charge on any atom is 0.184 e. The summed E-state index contributed by atoms with van der Waals surface area (Å²) in [4.78, 5) is 14.0. The fourth-order valence-electron chi connectivity index (χ4n) is 2.81. The summed E-state index contributed by atoms with van der Waals surface area (Å²) in [7, 11) is -0.156. The summed E-state index contributed by atoms with van der Waals surface area (Å²) in [5.74, 6) is -1.42. The summed E-state index contributed by atoms with van der Waals surface area (Å²) in [6.07, 6.45) is 0. The maximum atomic E-state index is 12.9. The van der Waals surface area contributed by atoms with Crippen molar-refractivity contribution in [3.05, 3.63) is 36.4 Å². The van der Waals surface area contributed by atoms with Crippen LogP contribution in [0.3, 0.4) is 0 Å². The molecule has 0 amide bonds. The van der Waals surface area contributed by atoms with Crippen molar-refractivity contribution in [2.24, 2.45) is 17.2 Å². The molecule has 0 aliphatic rings. The van der Waals surface area contributed by atoms with Crippen LogP contribution in [0.15, 0.2) is 41.3 Å². The zero-order valence-electron chi connectivity index (χ0n) is 14.6. The van der Waals surface area contributed by atoms with Crippen LogP contribution in [-0.4, -0.2) is 45.8 Å². The predicted octanol–water partition coefficient (Wildman–Crippen LogP) is 0.210. The molecular formula is C17H24N4O3S. The standard InChI is InChI=1S/C17H24N4O3S/c1-11(18)16(22)17(19,20)10-25(23,24)15-9-5-6-12-13(15)7-4-8-14(12)21(2)3/h4-9,11H,10,18-20H2,1-3H3/t11-/m0/s1. The van der Waals surface area contributed by atoms with Gasteiger partial charge in [0.25, 0.3) is 0 Å². The Morgan fingerprint density at radius 1 is 1.12 bits per heavy atom. The minimum absolute atomic E-state index is 0.0893. The molecule has 2 rings (SSSR count). The van der Waals surface area contributed by atoms with Crippen molar-refractivity contribution in [2.75, 3.05) is 24.7 Å². The van der Waals surface area contributed by atoms with Crippen LogP contribution < -0.4 is 22.1 Å². The molecule has 0 saturated carbocycles. The first-order valence-corrected chi connectivity index (χ1v) is 9.42. The van der Waals surface area contributed by atoms with Crippen LogP contribution >= 0.6 is 0 Å². The molecule has 25 heavy (non-hydrogen) atoms. The van der Waals surface area contributed by atoms with E-state index in [1.165, 1.54) is 13.0 Å². The average Bonchev–Trinajstić information content (AvgIpc) is 2.51. The van der Waals surface area contributed by atoms with Gasteiger partial charge in [-0.2, -0.15) is 0 Å². The molecule has 0 aromatic heterocycles. The number of anilines is 1. The van der Waals surface area contributed by atoms with Gasteiger partial charge in [-0.15, -0.1) is 0 Å². The molecular weight excluding hydrogens is 340 g/mol. The summed E-state index contributed by atoms with van der Waals surface area (Å²) in [6, 6.07) is 9.44. The number of carbonyl (C=O) groups excluding carboxylic acids is 1. The van der Waals surface area contributed by atoms with Gasteiger partial charge in [0.2, 0.25) is 0 Å². The monoisotopic (exact) mass is 364 g/mol. The van der Waals surface area contributed by atoms with E-state index in [1.54, 1.807) is 18.2 Å². The lowest BCUT2D eigenvalue weighted by molar-refractivity contribution is -0.124. The van der Waals surface area contributed by atoms with Crippen molar-refractivity contribution in [1.82, 2.24) is 0 Å². The average molecular weight is 364 g/mol. The highest BCUT2D eigenvalue weighted by atomic mass is 32.2. The molecule has 2 aromatic carbocycles. The van der Waals surface area contributed by atoms with Crippen molar-refractivity contribution < 1.29 is 13.2 Å². The van der Waals surface area contributed by atoms with Crippen molar-refractivity contribution in [1.29, 1.82) is 0 Å². The summed E-state index contributed by atoms with van der Waals surface area (Å²) in [5.41, 5.74) is 15.9. The largest absolute Gasteiger partial charge is 0.377 e. The van der Waals surface area contributed by atoms with Crippen LogP contribution in [-0.2, 0) is 14.6 Å². The third kappa shape index (κ3) is 3.82. The maximum absolute atomic E-state index is 12.9. The Bertz CT molecular complexity index is 905. The summed E-state index contributed by atoms with van der Waals surface area (Å²) in [6.45, 7) is 1.42. The number of nitrogens with two attached hydrogens (primary N) is 3. The van der Waals surface area contributed by atoms with Crippen LogP contribution in [0.25, 0.3) is 10.8 Å². The van der Waals surface area contributed by atoms with Crippen LogP contribution in [0.4, 0.5) is 5.69 Å². The number of sulfone groups is 1. The summed E-state index contributed by atoms with van der Waals surface area (Å²) < 4.78 is 25.8. The third-order valence-electron chi connectivity index (χ3n) is 3.98. The van der Waals surface area contributed by atoms with Gasteiger partial charge < -0.3 is 22.1 Å². The van der Waals surface area contributed by atoms with E-state index in [1.807, 2.05) is 31.1 Å². The van der Waals surface area contributed by atoms with E-state index in [0.717, 1.165) is 11.1 Å². The van der Waals surface area contributed by atoms with Gasteiger partial charge in [0.05, 0.1) is 16.7 Å². The number of rotatable bonds is 6. The molecule has 136 valence electrons. The molecule has 0 aliphatic heterocycles. The highest BCUT2D eigenvalue weighted by Crippen LogP contribution is 2.31. The number of Topliss-reactive ketones (excluding diaryl/α,β-unsaturated/α-hetero) is 1. The van der Waals surface area contributed by atoms with Gasteiger partial charge in [-0.25, -0.2) is 8.42 Å². The van der Waals surface area contributed by atoms with E-state index in [2.05, 4.69) is 0 Å². The zero-order valence-corrected chi connectivity index (χ0v) is 15.4. The fourth-order valence-corrected chi connectivity index (χ4v) is 4.54. The normalized spacial score (nSPS) is 13.7. The fraction of sp³-hybridized carbons (Fsp3) is 0.353. The van der Waals surface area contributed by atoms with E-state index in [4.69, 9.17) is 17.2 Å². The van der Waals surface area contributed by atoms with Crippen LogP contribution in [0.5, 0.6) is 0 Å². The van der Waals surface area contributed by atoms with Gasteiger partial charge >= 0.3 is 0 Å². The van der Waals surface area contributed by atoms with Gasteiger partial charge in [0.1, 0.15) is 5.66 Å². The van der Waals surface area contributed by atoms with Crippen LogP contribution in [0, 0.1) is 0 Å². The van der Waals surface area contributed by atoms with Crippen molar-refractivity contribution in [3.63, 3.8) is 0 Å². The van der Waals surface area contributed by atoms with Crippen LogP contribution in [0.2, 0.25) is 0 Å². The van der Waals surface area contributed by atoms with Crippen LogP contribution in [0.1, 0.15) is 6.92 Å². The smallest absolute Gasteiger partial charge is 0.184 e. The molecule has 1 atom stereocenters. The van der Waals surface area contributed by atoms with E-state index >= 15 is 0 Å². The Morgan fingerprint density at radius 2 is 1.68 bits per heavy atom. The Morgan fingerprint density at radius 3 is 2.24 bits per heavy atom. The number of carbonyl (C=O) groups is 1. The molecule has 0 aliphatic carbocycles. The van der Waals surface area contributed by atoms with Crippen molar-refractivity contribution >= 4 is 32.1 Å². The summed E-state index contributed by atoms with van der Waals surface area (Å²) in [5, 5.41) is 1.34. The highest BCUT2D eigenvalue weighted by molar-refractivity contribution is 7.91. The van der Waals surface area contributed by atoms with Gasteiger partial charge in [-0.1, -0.05) is 24.3 Å². The Hall–Kier alpha value is -2.00. The molecule has 0 radical (unpaired) electrons. The Balaban J connectivity index is 2.58. The minimum Gasteiger partial charge on any atom is -0.377 e. The molecule has 0 heterocycles. The second-order valence-corrected chi connectivity index (χ2v) is 8.43. The highest BCUT2D eigenvalue weighted by Gasteiger charge is 2.37. The quantitative estimate of drug-likeness (QED) is 0.624. The zero-order chi connectivity index (χ0) is 19.0. The lowest BCUT2D eigenvalue weighted by Crippen LogP contribution is -2.64. The Labute approximate surface area is 147 Å². The van der Waals surface area contributed by atoms with E-state index in [0.29, 0.717) is 5.39 Å². The number of hydrogen-bond acceptors (Lipinski definition) is 7. The van der Waals surface area contributed by atoms with E-state index in [9.17, 15) is 13.2 Å². The molecule has 6 N–H and O–H groups in total. The minimum atomic E-state index is -3.91. The number of hydrogen-bond donors (Lipinski definition) is 3. The lowest BCUT2D eigenvalue weighted by Gasteiger charge is -2.25. The number of nitrogens with zero attached hydrogens (tertiary/aromatic N) is 1. The molecule has 8 heteroatoms. The topological polar surface area (TPSA) is 133 Å². The molecule has 0 spiro atoms. The van der Waals surface area contributed by atoms with E-state index in [-0.39, 0.29) is 4.90 Å². The molecule has 0 bridgehead atoms. The van der Waals surface area contributed by atoms with Crippen molar-refractivity contribution in [3.8, 4) is 0 Å². The first kappa shape index (κ1) is 19.3. The lowest BCUT2D eigenvalue weighted by atomic mass is 10.0. The SMILES string of the molecule is C[C@H](N)C(=O)C(N)(N)CS(=O)(=O)c1cccc2c(N(C)C)cccc12. The third-order valence-corrected chi connectivity index (χ3v) is 5.86. The first-order chi connectivity index (χ1) is 11.5. The predicted molar refractivity (Wildman–Crippen MR) is 100 cm³/mol. The molecule has 2 aromatic rings. The Kier molecular flexibility index (Phi) is 5.19. The number of benzene rings is 2. The summed E-state index contributed by atoms with van der Waals surface area (Å²) >= 11 is 0. The van der Waals surface area contributed by atoms with Crippen molar-refractivity contribution in [2.45, 2.75) is 23.5 Å². The number of fused-ring (bicyclic) bond motifs is 1. The van der Waals surface area contributed by atoms with E-state index < -0.39 is 33.1 Å². The van der Waals surface area contributed by atoms with Gasteiger partial charge in [0.15, 0.2) is 15.6 Å². The molecule has 0 fully saturated rings. The van der Waals surface area contributed by atoms with Gasteiger partial charge in [-0.05, 0) is 19.1 Å². The van der Waals surface area contributed by atoms with Gasteiger partial charge in [0, 0.05) is 30.6 Å². The second kappa shape index (κ2) is 6.72. The second-order valence-electron chi connectivity index (χ2n) is 6.48. The number of ketones is 1.